The van der Waals surface area contributed by atoms with Crippen LogP contribution in [-0.4, -0.2) is 4.98 Å². The van der Waals surface area contributed by atoms with E-state index in [0.29, 0.717) is 0 Å². The van der Waals surface area contributed by atoms with Gasteiger partial charge < -0.3 is 4.98 Å². The molecule has 0 radical (unpaired) electrons. The van der Waals surface area contributed by atoms with Crippen molar-refractivity contribution in [2.24, 2.45) is 0 Å². The number of halogens is 1. The molecule has 0 unspecified atom stereocenters. The summed E-state index contributed by atoms with van der Waals surface area (Å²) < 4.78 is 13.4. The number of aryl methyl sites for hydroxylation is 3. The maximum atomic E-state index is 13.4. The van der Waals surface area contributed by atoms with E-state index >= 15 is 0 Å². The molecule has 1 aromatic heterocycles. The van der Waals surface area contributed by atoms with Crippen molar-refractivity contribution >= 4 is 10.9 Å². The lowest BCUT2D eigenvalue weighted by Crippen LogP contribution is -1.86. The van der Waals surface area contributed by atoms with Crippen LogP contribution in [0.25, 0.3) is 10.9 Å². The Morgan fingerprint density at radius 3 is 2.64 bits per heavy atom. The zero-order valence-electron chi connectivity index (χ0n) is 8.74. The molecule has 0 amide bonds. The molecule has 0 aliphatic carbocycles. The molecule has 0 atom stereocenters. The highest BCUT2D eigenvalue weighted by molar-refractivity contribution is 5.87. The Morgan fingerprint density at radius 2 is 2.00 bits per heavy atom. The number of nitrogens with one attached hydrogen (secondary N) is 1. The Hall–Kier alpha value is -1.31. The molecule has 0 bridgehead atoms. The number of aromatic amines is 1. The van der Waals surface area contributed by atoms with Crippen LogP contribution in [0, 0.1) is 19.7 Å². The van der Waals surface area contributed by atoms with E-state index in [4.69, 9.17) is 0 Å². The van der Waals surface area contributed by atoms with Crippen LogP contribution >= 0.6 is 0 Å². The first kappa shape index (κ1) is 9.25. The van der Waals surface area contributed by atoms with Crippen LogP contribution in [0.4, 0.5) is 4.39 Å². The fraction of sp³-hybridized carbons (Fsp3) is 0.333. The van der Waals surface area contributed by atoms with Gasteiger partial charge in [-0.1, -0.05) is 6.92 Å². The van der Waals surface area contributed by atoms with E-state index in [1.165, 1.54) is 11.6 Å². The van der Waals surface area contributed by atoms with E-state index in [1.807, 2.05) is 19.9 Å². The van der Waals surface area contributed by atoms with E-state index in [9.17, 15) is 4.39 Å². The van der Waals surface area contributed by atoms with Crippen molar-refractivity contribution in [2.75, 3.05) is 0 Å². The Balaban J connectivity index is 2.90. The molecule has 0 aliphatic heterocycles. The average molecular weight is 191 g/mol. The molecule has 0 spiro atoms. The smallest absolute Gasteiger partial charge is 0.126 e. The molecule has 2 rings (SSSR count). The summed E-state index contributed by atoms with van der Waals surface area (Å²) in [4.78, 5) is 3.28. The van der Waals surface area contributed by atoms with Crippen LogP contribution in [0.1, 0.15) is 23.7 Å². The SMILES string of the molecule is CCc1c(C)[nH]c2ccc(F)c(C)c12. The summed E-state index contributed by atoms with van der Waals surface area (Å²) in [6.45, 7) is 5.97. The van der Waals surface area contributed by atoms with Gasteiger partial charge in [-0.05, 0) is 43.5 Å². The third kappa shape index (κ3) is 1.14. The van der Waals surface area contributed by atoms with Crippen molar-refractivity contribution in [1.29, 1.82) is 0 Å². The lowest BCUT2D eigenvalue weighted by atomic mass is 10.0. The predicted molar refractivity (Wildman–Crippen MR) is 57.1 cm³/mol. The standard InChI is InChI=1S/C12H14FN/c1-4-9-8(3)14-11-6-5-10(13)7(2)12(9)11/h5-6,14H,4H2,1-3H3. The number of fused-ring (bicyclic) bond motifs is 1. The minimum Gasteiger partial charge on any atom is -0.358 e. The third-order valence-corrected chi connectivity index (χ3v) is 2.83. The highest BCUT2D eigenvalue weighted by Crippen LogP contribution is 2.27. The molecule has 0 saturated carbocycles. The zero-order valence-corrected chi connectivity index (χ0v) is 8.74. The lowest BCUT2D eigenvalue weighted by molar-refractivity contribution is 0.621. The van der Waals surface area contributed by atoms with Gasteiger partial charge in [0.05, 0.1) is 0 Å². The first-order valence-electron chi connectivity index (χ1n) is 4.91. The van der Waals surface area contributed by atoms with Crippen LogP contribution in [0.2, 0.25) is 0 Å². The van der Waals surface area contributed by atoms with Gasteiger partial charge in [-0.15, -0.1) is 0 Å². The summed E-state index contributed by atoms with van der Waals surface area (Å²) in [5.41, 5.74) is 4.18. The second-order valence-electron chi connectivity index (χ2n) is 3.68. The number of hydrogen-bond donors (Lipinski definition) is 1. The molecule has 1 nitrogen and oxygen atoms in total. The van der Waals surface area contributed by atoms with Crippen LogP contribution in [0.5, 0.6) is 0 Å². The lowest BCUT2D eigenvalue weighted by Gasteiger charge is -2.01. The second-order valence-corrected chi connectivity index (χ2v) is 3.68. The largest absolute Gasteiger partial charge is 0.358 e. The van der Waals surface area contributed by atoms with Crippen molar-refractivity contribution in [3.63, 3.8) is 0 Å². The predicted octanol–water partition coefficient (Wildman–Crippen LogP) is 3.49. The van der Waals surface area contributed by atoms with Gasteiger partial charge in [0.1, 0.15) is 5.82 Å². The molecule has 0 saturated heterocycles. The Labute approximate surface area is 82.9 Å². The molecule has 2 heteroatoms. The van der Waals surface area contributed by atoms with Crippen molar-refractivity contribution in [2.45, 2.75) is 27.2 Å². The average Bonchev–Trinajstić information content (AvgIpc) is 2.48. The van der Waals surface area contributed by atoms with Crippen LogP contribution in [0.15, 0.2) is 12.1 Å². The Bertz CT molecular complexity index is 483. The van der Waals surface area contributed by atoms with E-state index in [2.05, 4.69) is 11.9 Å². The molecular formula is C12H14FN. The van der Waals surface area contributed by atoms with E-state index in [0.717, 1.165) is 28.6 Å². The molecular weight excluding hydrogens is 177 g/mol. The van der Waals surface area contributed by atoms with Crippen LogP contribution in [0.3, 0.4) is 0 Å². The Morgan fingerprint density at radius 1 is 1.29 bits per heavy atom. The first-order valence-corrected chi connectivity index (χ1v) is 4.91. The van der Waals surface area contributed by atoms with Gasteiger partial charge in [0.25, 0.3) is 0 Å². The zero-order chi connectivity index (χ0) is 10.3. The van der Waals surface area contributed by atoms with Gasteiger partial charge in [0, 0.05) is 16.6 Å². The fourth-order valence-corrected chi connectivity index (χ4v) is 2.09. The quantitative estimate of drug-likeness (QED) is 0.710. The number of H-pyrrole nitrogens is 1. The molecule has 1 heterocycles. The molecule has 14 heavy (non-hydrogen) atoms. The Kier molecular flexibility index (Phi) is 2.06. The van der Waals surface area contributed by atoms with Crippen LogP contribution < -0.4 is 0 Å². The van der Waals surface area contributed by atoms with E-state index in [-0.39, 0.29) is 5.82 Å². The fourth-order valence-electron chi connectivity index (χ4n) is 2.09. The van der Waals surface area contributed by atoms with Crippen LogP contribution in [-0.2, 0) is 6.42 Å². The minimum atomic E-state index is -0.119. The number of aromatic nitrogens is 1. The molecule has 0 aliphatic rings. The van der Waals surface area contributed by atoms with E-state index < -0.39 is 0 Å². The molecule has 0 fully saturated rings. The number of hydrogen-bond acceptors (Lipinski definition) is 0. The monoisotopic (exact) mass is 191 g/mol. The van der Waals surface area contributed by atoms with E-state index in [1.54, 1.807) is 0 Å². The normalized spacial score (nSPS) is 11.1. The minimum absolute atomic E-state index is 0.119. The van der Waals surface area contributed by atoms with Crippen molar-refractivity contribution in [3.05, 3.63) is 34.8 Å². The van der Waals surface area contributed by atoms with Crippen molar-refractivity contribution in [1.82, 2.24) is 4.98 Å². The highest BCUT2D eigenvalue weighted by atomic mass is 19.1. The molecule has 1 N–H and O–H groups in total. The van der Waals surface area contributed by atoms with Gasteiger partial charge in [-0.3, -0.25) is 0 Å². The maximum absolute atomic E-state index is 13.4. The second kappa shape index (κ2) is 3.12. The summed E-state index contributed by atoms with van der Waals surface area (Å²) in [5.74, 6) is -0.119. The van der Waals surface area contributed by atoms with Gasteiger partial charge in [-0.25, -0.2) is 4.39 Å². The topological polar surface area (TPSA) is 15.8 Å². The summed E-state index contributed by atoms with van der Waals surface area (Å²) in [6.07, 6.45) is 0.941. The highest BCUT2D eigenvalue weighted by Gasteiger charge is 2.11. The van der Waals surface area contributed by atoms with Crippen molar-refractivity contribution in [3.8, 4) is 0 Å². The summed E-state index contributed by atoms with van der Waals surface area (Å²) in [6, 6.07) is 3.33. The molecule has 74 valence electrons. The number of benzene rings is 1. The van der Waals surface area contributed by atoms with Gasteiger partial charge in [-0.2, -0.15) is 0 Å². The van der Waals surface area contributed by atoms with Gasteiger partial charge in [0.2, 0.25) is 0 Å². The summed E-state index contributed by atoms with van der Waals surface area (Å²) >= 11 is 0. The maximum Gasteiger partial charge on any atom is 0.126 e. The summed E-state index contributed by atoms with van der Waals surface area (Å²) in [7, 11) is 0. The van der Waals surface area contributed by atoms with Gasteiger partial charge in [0.15, 0.2) is 0 Å². The first-order chi connectivity index (χ1) is 6.65. The van der Waals surface area contributed by atoms with Gasteiger partial charge >= 0.3 is 0 Å². The molecule has 1 aromatic carbocycles. The summed E-state index contributed by atoms with van der Waals surface area (Å²) in [5, 5.41) is 1.06. The van der Waals surface area contributed by atoms with Crippen molar-refractivity contribution < 1.29 is 4.39 Å². The third-order valence-electron chi connectivity index (χ3n) is 2.83. The number of rotatable bonds is 1. The molecule has 2 aromatic rings.